The number of anilines is 1. The molecule has 3 aromatic heterocycles. The van der Waals surface area contributed by atoms with E-state index in [4.69, 9.17) is 14.7 Å². The van der Waals surface area contributed by atoms with E-state index in [1.165, 1.54) is 34.9 Å². The van der Waals surface area contributed by atoms with Crippen LogP contribution in [-0.2, 0) is 11.3 Å². The zero-order chi connectivity index (χ0) is 24.4. The quantitative estimate of drug-likeness (QED) is 0.496. The smallest absolute Gasteiger partial charge is 0.138 e. The molecule has 35 heavy (non-hydrogen) atoms. The first kappa shape index (κ1) is 24.2. The first-order chi connectivity index (χ1) is 17.1. The van der Waals surface area contributed by atoms with Crippen LogP contribution < -0.4 is 4.90 Å². The number of aryl methyl sites for hydroxylation is 1. The summed E-state index contributed by atoms with van der Waals surface area (Å²) in [7, 11) is 2.25. The zero-order valence-electron chi connectivity index (χ0n) is 21.8. The standard InChI is InChI=1S/C28H40N6O/c1-5-32-16-18-33(19-17-32)26-14-8-13-25-30-28(24(34(25)26)20-35-6-2)23-12-7-11-22(31(23)4)27-21(3)10-9-15-29-27/h8-10,13-15,22-23H,5-7,11-12,16-20H2,1-4H3. The van der Waals surface area contributed by atoms with Crippen LogP contribution in [0.1, 0.15) is 67.8 Å². The molecule has 7 nitrogen and oxygen atoms in total. The molecule has 3 aromatic rings. The number of imidazole rings is 1. The maximum atomic E-state index is 6.04. The Hall–Kier alpha value is -2.48. The van der Waals surface area contributed by atoms with E-state index in [0.29, 0.717) is 19.3 Å². The molecule has 0 N–H and O–H groups in total. The number of fused-ring (bicyclic) bond motifs is 1. The highest BCUT2D eigenvalue weighted by Gasteiger charge is 2.35. The van der Waals surface area contributed by atoms with E-state index >= 15 is 0 Å². The summed E-state index contributed by atoms with van der Waals surface area (Å²) in [4.78, 5) is 17.6. The fraction of sp³-hybridized carbons (Fsp3) is 0.571. The molecule has 2 saturated heterocycles. The number of likely N-dealkylation sites (N-methyl/N-ethyl adjacent to an activating group) is 1. The lowest BCUT2D eigenvalue weighted by atomic mass is 9.90. The maximum Gasteiger partial charge on any atom is 0.138 e. The Labute approximate surface area is 209 Å². The van der Waals surface area contributed by atoms with E-state index < -0.39 is 0 Å². The maximum absolute atomic E-state index is 6.04. The van der Waals surface area contributed by atoms with Crippen molar-refractivity contribution in [2.75, 3.05) is 51.3 Å². The van der Waals surface area contributed by atoms with Gasteiger partial charge in [-0.3, -0.25) is 14.3 Å². The Bertz CT molecular complexity index is 1140. The third kappa shape index (κ3) is 4.69. The summed E-state index contributed by atoms with van der Waals surface area (Å²) in [5.74, 6) is 1.24. The third-order valence-corrected chi connectivity index (χ3v) is 7.96. The minimum atomic E-state index is 0.246. The van der Waals surface area contributed by atoms with Crippen LogP contribution in [0.2, 0.25) is 0 Å². The molecule has 2 atom stereocenters. The molecule has 5 heterocycles. The third-order valence-electron chi connectivity index (χ3n) is 7.96. The lowest BCUT2D eigenvalue weighted by molar-refractivity contribution is 0.101. The summed E-state index contributed by atoms with van der Waals surface area (Å²) in [5, 5.41) is 0. The van der Waals surface area contributed by atoms with Crippen molar-refractivity contribution >= 4 is 11.5 Å². The van der Waals surface area contributed by atoms with Crippen LogP contribution in [0.25, 0.3) is 5.65 Å². The van der Waals surface area contributed by atoms with Gasteiger partial charge in [0, 0.05) is 39.0 Å². The number of ether oxygens (including phenoxy) is 1. The number of pyridine rings is 2. The molecule has 0 aromatic carbocycles. The molecule has 0 bridgehead atoms. The van der Waals surface area contributed by atoms with Crippen LogP contribution in [-0.4, -0.2) is 70.5 Å². The molecule has 2 unspecified atom stereocenters. The van der Waals surface area contributed by atoms with Crippen LogP contribution in [0.4, 0.5) is 5.82 Å². The molecule has 2 aliphatic rings. The van der Waals surface area contributed by atoms with Gasteiger partial charge in [-0.25, -0.2) is 4.98 Å². The first-order valence-electron chi connectivity index (χ1n) is 13.3. The SMILES string of the molecule is CCOCc1c(C2CCCC(c3ncccc3C)N2C)nc2cccc(N3CCN(CC)CC3)n12. The number of hydrogen-bond donors (Lipinski definition) is 0. The second-order valence-electron chi connectivity index (χ2n) is 9.91. The summed E-state index contributed by atoms with van der Waals surface area (Å²) in [6.45, 7) is 13.2. The molecule has 5 rings (SSSR count). The number of hydrogen-bond acceptors (Lipinski definition) is 6. The van der Waals surface area contributed by atoms with Crippen LogP contribution in [0.5, 0.6) is 0 Å². The van der Waals surface area contributed by atoms with Crippen molar-refractivity contribution in [3.63, 3.8) is 0 Å². The highest BCUT2D eigenvalue weighted by atomic mass is 16.5. The summed E-state index contributed by atoms with van der Waals surface area (Å²) >= 11 is 0. The van der Waals surface area contributed by atoms with E-state index in [0.717, 1.165) is 51.2 Å². The number of likely N-dealkylation sites (tertiary alicyclic amines) is 1. The highest BCUT2D eigenvalue weighted by Crippen LogP contribution is 2.42. The average molecular weight is 477 g/mol. The Kier molecular flexibility index (Phi) is 7.37. The summed E-state index contributed by atoms with van der Waals surface area (Å²) in [6.07, 6.45) is 5.33. The van der Waals surface area contributed by atoms with Crippen molar-refractivity contribution < 1.29 is 4.74 Å². The fourth-order valence-electron chi connectivity index (χ4n) is 5.93. The van der Waals surface area contributed by atoms with Gasteiger partial charge in [0.15, 0.2) is 0 Å². The van der Waals surface area contributed by atoms with E-state index in [9.17, 15) is 0 Å². The summed E-state index contributed by atoms with van der Waals surface area (Å²) in [5.41, 5.74) is 5.85. The van der Waals surface area contributed by atoms with Crippen molar-refractivity contribution in [1.29, 1.82) is 0 Å². The minimum absolute atomic E-state index is 0.246. The molecule has 188 valence electrons. The normalized spacial score (nSPS) is 22.2. The van der Waals surface area contributed by atoms with Crippen LogP contribution in [0, 0.1) is 6.92 Å². The molecule has 0 aliphatic carbocycles. The lowest BCUT2D eigenvalue weighted by Gasteiger charge is -2.39. The monoisotopic (exact) mass is 476 g/mol. The van der Waals surface area contributed by atoms with Gasteiger partial charge in [-0.05, 0) is 70.5 Å². The Balaban J connectivity index is 1.54. The van der Waals surface area contributed by atoms with Gasteiger partial charge in [0.25, 0.3) is 0 Å². The average Bonchev–Trinajstić information content (AvgIpc) is 3.26. The van der Waals surface area contributed by atoms with Crippen molar-refractivity contribution in [2.45, 2.75) is 58.7 Å². The van der Waals surface area contributed by atoms with E-state index in [2.05, 4.69) is 71.2 Å². The Morgan fingerprint density at radius 2 is 1.74 bits per heavy atom. The van der Waals surface area contributed by atoms with Crippen LogP contribution in [0.15, 0.2) is 36.5 Å². The number of rotatable bonds is 7. The van der Waals surface area contributed by atoms with Crippen molar-refractivity contribution in [2.24, 2.45) is 0 Å². The van der Waals surface area contributed by atoms with Crippen molar-refractivity contribution in [1.82, 2.24) is 24.2 Å². The van der Waals surface area contributed by atoms with Gasteiger partial charge in [0.05, 0.1) is 35.8 Å². The minimum Gasteiger partial charge on any atom is -0.375 e. The molecular weight excluding hydrogens is 436 g/mol. The predicted octanol–water partition coefficient (Wildman–Crippen LogP) is 4.61. The number of piperidine rings is 1. The van der Waals surface area contributed by atoms with Gasteiger partial charge in [0.1, 0.15) is 11.5 Å². The topological polar surface area (TPSA) is 49.1 Å². The summed E-state index contributed by atoms with van der Waals surface area (Å²) in [6, 6.07) is 11.3. The Morgan fingerprint density at radius 3 is 2.46 bits per heavy atom. The molecular formula is C28H40N6O. The van der Waals surface area contributed by atoms with Gasteiger partial charge >= 0.3 is 0 Å². The molecule has 0 radical (unpaired) electrons. The van der Waals surface area contributed by atoms with Crippen molar-refractivity contribution in [3.05, 3.63) is 59.2 Å². The van der Waals surface area contributed by atoms with Gasteiger partial charge in [-0.2, -0.15) is 0 Å². The Morgan fingerprint density at radius 1 is 0.971 bits per heavy atom. The van der Waals surface area contributed by atoms with E-state index in [-0.39, 0.29) is 6.04 Å². The molecule has 0 spiro atoms. The predicted molar refractivity (Wildman–Crippen MR) is 141 cm³/mol. The largest absolute Gasteiger partial charge is 0.375 e. The number of nitrogens with zero attached hydrogens (tertiary/aromatic N) is 6. The molecule has 7 heteroatoms. The van der Waals surface area contributed by atoms with Crippen LogP contribution >= 0.6 is 0 Å². The van der Waals surface area contributed by atoms with Crippen molar-refractivity contribution in [3.8, 4) is 0 Å². The van der Waals surface area contributed by atoms with E-state index in [1.54, 1.807) is 0 Å². The zero-order valence-corrected chi connectivity index (χ0v) is 21.8. The second-order valence-corrected chi connectivity index (χ2v) is 9.91. The first-order valence-corrected chi connectivity index (χ1v) is 13.3. The summed E-state index contributed by atoms with van der Waals surface area (Å²) < 4.78 is 8.41. The van der Waals surface area contributed by atoms with Gasteiger partial charge in [-0.1, -0.05) is 19.1 Å². The molecule has 0 saturated carbocycles. The lowest BCUT2D eigenvalue weighted by Crippen LogP contribution is -2.46. The van der Waals surface area contributed by atoms with Gasteiger partial charge < -0.3 is 14.5 Å². The number of piperazine rings is 1. The van der Waals surface area contributed by atoms with Gasteiger partial charge in [-0.15, -0.1) is 0 Å². The highest BCUT2D eigenvalue weighted by molar-refractivity contribution is 5.55. The second kappa shape index (κ2) is 10.6. The molecule has 0 amide bonds. The van der Waals surface area contributed by atoms with E-state index in [1.807, 2.05) is 12.3 Å². The van der Waals surface area contributed by atoms with Gasteiger partial charge in [0.2, 0.25) is 0 Å². The van der Waals surface area contributed by atoms with Crippen LogP contribution in [0.3, 0.4) is 0 Å². The fourth-order valence-corrected chi connectivity index (χ4v) is 5.93. The molecule has 2 fully saturated rings. The number of aromatic nitrogens is 3. The molecule has 2 aliphatic heterocycles.